The fourth-order valence-electron chi connectivity index (χ4n) is 1.77. The molecule has 2 aromatic rings. The number of aromatic nitrogens is 4. The minimum Gasteiger partial charge on any atom is -0.343 e. The van der Waals surface area contributed by atoms with Gasteiger partial charge in [-0.1, -0.05) is 11.6 Å². The average Bonchev–Trinajstić information content (AvgIpc) is 3.03. The molecule has 0 aliphatic rings. The lowest BCUT2D eigenvalue weighted by atomic mass is 10.3. The number of hydrogen-bond donors (Lipinski definition) is 2. The summed E-state index contributed by atoms with van der Waals surface area (Å²) in [5, 5.41) is 13.1. The fourth-order valence-corrected chi connectivity index (χ4v) is 1.95. The lowest BCUT2D eigenvalue weighted by Crippen LogP contribution is -2.26. The number of carbonyl (C=O) groups excluding carboxylic acids is 2. The van der Waals surface area contributed by atoms with Crippen LogP contribution in [0.5, 0.6) is 0 Å². The quantitative estimate of drug-likeness (QED) is 0.888. The van der Waals surface area contributed by atoms with Crippen LogP contribution in [0.2, 0.25) is 5.02 Å². The van der Waals surface area contributed by atoms with Crippen molar-refractivity contribution in [3.05, 3.63) is 28.8 Å². The maximum Gasteiger partial charge on any atom is 0.275 e. The maximum atomic E-state index is 12.2. The van der Waals surface area contributed by atoms with Crippen molar-refractivity contribution in [1.29, 1.82) is 0 Å². The summed E-state index contributed by atoms with van der Waals surface area (Å²) in [4.78, 5) is 25.7. The number of H-pyrrole nitrogens is 1. The Morgan fingerprint density at radius 1 is 1.43 bits per heavy atom. The molecule has 2 aromatic heterocycles. The second kappa shape index (κ2) is 5.96. The third-order valence-electron chi connectivity index (χ3n) is 2.82. The van der Waals surface area contributed by atoms with Gasteiger partial charge in [-0.05, 0) is 6.92 Å². The summed E-state index contributed by atoms with van der Waals surface area (Å²) in [6.45, 7) is 2.37. The molecule has 0 radical (unpaired) electrons. The molecule has 0 aliphatic carbocycles. The number of rotatable bonds is 4. The van der Waals surface area contributed by atoms with Crippen LogP contribution >= 0.6 is 11.6 Å². The van der Waals surface area contributed by atoms with E-state index in [0.29, 0.717) is 17.9 Å². The zero-order chi connectivity index (χ0) is 15.6. The summed E-state index contributed by atoms with van der Waals surface area (Å²) in [6, 6.07) is 0. The molecule has 0 saturated carbocycles. The van der Waals surface area contributed by atoms with Crippen molar-refractivity contribution >= 4 is 29.1 Å². The van der Waals surface area contributed by atoms with E-state index in [0.717, 1.165) is 0 Å². The van der Waals surface area contributed by atoms with Gasteiger partial charge in [-0.2, -0.15) is 10.2 Å². The smallest absolute Gasteiger partial charge is 0.275 e. The molecule has 0 unspecified atom stereocenters. The van der Waals surface area contributed by atoms with Gasteiger partial charge in [-0.3, -0.25) is 19.4 Å². The van der Waals surface area contributed by atoms with Gasteiger partial charge >= 0.3 is 0 Å². The largest absolute Gasteiger partial charge is 0.343 e. The number of nitrogens with zero attached hydrogens (tertiary/aromatic N) is 4. The molecule has 0 spiro atoms. The predicted molar refractivity (Wildman–Crippen MR) is 77.5 cm³/mol. The summed E-state index contributed by atoms with van der Waals surface area (Å²) in [5.41, 5.74) is 0.766. The van der Waals surface area contributed by atoms with Crippen LogP contribution in [-0.4, -0.2) is 50.8 Å². The number of halogens is 1. The van der Waals surface area contributed by atoms with Crippen LogP contribution in [0.1, 0.15) is 27.9 Å². The molecule has 0 atom stereocenters. The molecule has 2 heterocycles. The van der Waals surface area contributed by atoms with Crippen LogP contribution in [0, 0.1) is 0 Å². The van der Waals surface area contributed by atoms with E-state index in [1.54, 1.807) is 14.1 Å². The number of hydrogen-bond acceptors (Lipinski definition) is 4. The monoisotopic (exact) mass is 310 g/mol. The van der Waals surface area contributed by atoms with Crippen LogP contribution in [0.25, 0.3) is 0 Å². The molecule has 0 aliphatic heterocycles. The van der Waals surface area contributed by atoms with E-state index in [1.165, 1.54) is 22.0 Å². The second-order valence-electron chi connectivity index (χ2n) is 4.47. The normalized spacial score (nSPS) is 10.5. The molecule has 2 rings (SSSR count). The molecule has 0 bridgehead atoms. The van der Waals surface area contributed by atoms with Gasteiger partial charge in [0.1, 0.15) is 11.4 Å². The van der Waals surface area contributed by atoms with E-state index in [1.807, 2.05) is 6.92 Å². The van der Waals surface area contributed by atoms with Crippen LogP contribution in [0.4, 0.5) is 5.69 Å². The van der Waals surface area contributed by atoms with Crippen LogP contribution < -0.4 is 5.32 Å². The van der Waals surface area contributed by atoms with Crippen LogP contribution in [0.15, 0.2) is 12.4 Å². The van der Waals surface area contributed by atoms with Crippen molar-refractivity contribution in [2.45, 2.75) is 13.5 Å². The van der Waals surface area contributed by atoms with Crippen LogP contribution in [0.3, 0.4) is 0 Å². The number of anilines is 1. The SMILES string of the molecule is CCn1ncc(NC(=O)c2[nH]ncc2Cl)c1C(=O)N(C)C. The Kier molecular flexibility index (Phi) is 4.27. The summed E-state index contributed by atoms with van der Waals surface area (Å²) < 4.78 is 1.52. The summed E-state index contributed by atoms with van der Waals surface area (Å²) in [7, 11) is 3.26. The van der Waals surface area contributed by atoms with E-state index in [2.05, 4.69) is 20.6 Å². The molecule has 112 valence electrons. The van der Waals surface area contributed by atoms with Gasteiger partial charge in [0.15, 0.2) is 0 Å². The molecule has 2 N–H and O–H groups in total. The maximum absolute atomic E-state index is 12.2. The Bertz CT molecular complexity index is 675. The molecule has 9 heteroatoms. The summed E-state index contributed by atoms with van der Waals surface area (Å²) in [6.07, 6.45) is 2.76. The van der Waals surface area contributed by atoms with Crippen molar-refractivity contribution in [3.8, 4) is 0 Å². The highest BCUT2D eigenvalue weighted by Crippen LogP contribution is 2.19. The Balaban J connectivity index is 2.33. The van der Waals surface area contributed by atoms with E-state index in [9.17, 15) is 9.59 Å². The van der Waals surface area contributed by atoms with Crippen molar-refractivity contribution in [2.75, 3.05) is 19.4 Å². The summed E-state index contributed by atoms with van der Waals surface area (Å²) >= 11 is 5.84. The van der Waals surface area contributed by atoms with Gasteiger partial charge in [-0.25, -0.2) is 0 Å². The van der Waals surface area contributed by atoms with Gasteiger partial charge < -0.3 is 10.2 Å². The topological polar surface area (TPSA) is 95.9 Å². The van der Waals surface area contributed by atoms with Gasteiger partial charge in [0.2, 0.25) is 0 Å². The first-order chi connectivity index (χ1) is 9.95. The number of aryl methyl sites for hydroxylation is 1. The minimum absolute atomic E-state index is 0.129. The molecular formula is C12H15ClN6O2. The number of carbonyl (C=O) groups is 2. The summed E-state index contributed by atoms with van der Waals surface area (Å²) in [5.74, 6) is -0.735. The van der Waals surface area contributed by atoms with Gasteiger partial charge in [0, 0.05) is 20.6 Å². The molecule has 8 nitrogen and oxygen atoms in total. The highest BCUT2D eigenvalue weighted by atomic mass is 35.5. The lowest BCUT2D eigenvalue weighted by molar-refractivity contribution is 0.0816. The van der Waals surface area contributed by atoms with Crippen LogP contribution in [-0.2, 0) is 6.54 Å². The van der Waals surface area contributed by atoms with Crippen molar-refractivity contribution in [2.24, 2.45) is 0 Å². The number of amides is 2. The van der Waals surface area contributed by atoms with Gasteiger partial charge in [0.05, 0.1) is 23.1 Å². The Hall–Kier alpha value is -2.35. The number of nitrogens with one attached hydrogen (secondary N) is 2. The second-order valence-corrected chi connectivity index (χ2v) is 4.88. The van der Waals surface area contributed by atoms with E-state index < -0.39 is 5.91 Å². The van der Waals surface area contributed by atoms with Gasteiger partial charge in [0.25, 0.3) is 11.8 Å². The third-order valence-corrected chi connectivity index (χ3v) is 3.10. The Morgan fingerprint density at radius 2 is 2.14 bits per heavy atom. The highest BCUT2D eigenvalue weighted by molar-refractivity contribution is 6.34. The first kappa shape index (κ1) is 15.0. The van der Waals surface area contributed by atoms with E-state index in [4.69, 9.17) is 11.6 Å². The first-order valence-electron chi connectivity index (χ1n) is 6.23. The van der Waals surface area contributed by atoms with Crippen molar-refractivity contribution in [3.63, 3.8) is 0 Å². The van der Waals surface area contributed by atoms with Crippen molar-refractivity contribution in [1.82, 2.24) is 24.9 Å². The number of aromatic amines is 1. The zero-order valence-corrected chi connectivity index (χ0v) is 12.6. The third kappa shape index (κ3) is 2.89. The Labute approximate surface area is 126 Å². The van der Waals surface area contributed by atoms with Gasteiger partial charge in [-0.15, -0.1) is 0 Å². The predicted octanol–water partition coefficient (Wildman–Crippen LogP) is 1.23. The molecule has 0 saturated heterocycles. The Morgan fingerprint density at radius 3 is 2.67 bits per heavy atom. The van der Waals surface area contributed by atoms with Crippen molar-refractivity contribution < 1.29 is 9.59 Å². The zero-order valence-electron chi connectivity index (χ0n) is 11.8. The first-order valence-corrected chi connectivity index (χ1v) is 6.61. The minimum atomic E-state index is -0.485. The molecule has 2 amide bonds. The standard InChI is InChI=1S/C12H15ClN6O2/c1-4-19-10(12(21)18(2)3)8(6-15-19)16-11(20)9-7(13)5-14-17-9/h5-6H,4H2,1-3H3,(H,14,17)(H,16,20). The molecular weight excluding hydrogens is 296 g/mol. The molecule has 0 aromatic carbocycles. The molecule has 21 heavy (non-hydrogen) atoms. The van der Waals surface area contributed by atoms with E-state index in [-0.39, 0.29) is 16.6 Å². The van der Waals surface area contributed by atoms with E-state index >= 15 is 0 Å². The molecule has 0 fully saturated rings. The lowest BCUT2D eigenvalue weighted by Gasteiger charge is -2.13. The fraction of sp³-hybridized carbons (Fsp3) is 0.333. The average molecular weight is 311 g/mol. The highest BCUT2D eigenvalue weighted by Gasteiger charge is 2.22.